The Labute approximate surface area is 57.8 Å². The minimum atomic E-state index is 0.277. The Bertz CT molecular complexity index is 61.9. The van der Waals surface area contributed by atoms with Gasteiger partial charge in [0.25, 0.3) is 0 Å². The Balaban J connectivity index is 3.06. The predicted molar refractivity (Wildman–Crippen MR) is 41.4 cm³/mol. The van der Waals surface area contributed by atoms with Crippen LogP contribution in [0.25, 0.3) is 0 Å². The van der Waals surface area contributed by atoms with Crippen LogP contribution in [0.2, 0.25) is 0 Å². The maximum Gasteiger partial charge on any atom is 0.0136 e. The lowest BCUT2D eigenvalue weighted by atomic mass is 10.2. The van der Waals surface area contributed by atoms with Crippen molar-refractivity contribution in [3.63, 3.8) is 0 Å². The molecule has 3 N–H and O–H groups in total. The average Bonchev–Trinajstić information content (AvgIpc) is 1.83. The molecule has 2 atom stereocenters. The van der Waals surface area contributed by atoms with E-state index in [-0.39, 0.29) is 6.04 Å². The monoisotopic (exact) mass is 130 g/mol. The van der Waals surface area contributed by atoms with E-state index in [1.807, 2.05) is 6.92 Å². The summed E-state index contributed by atoms with van der Waals surface area (Å²) in [5.41, 5.74) is 5.53. The van der Waals surface area contributed by atoms with E-state index < -0.39 is 0 Å². The molecule has 0 saturated carbocycles. The number of nitrogens with two attached hydrogens (primary N) is 1. The zero-order chi connectivity index (χ0) is 7.28. The summed E-state index contributed by atoms with van der Waals surface area (Å²) >= 11 is 0. The number of rotatable bonds is 4. The predicted octanol–water partition coefficient (Wildman–Crippen LogP) is 0.722. The summed E-state index contributed by atoms with van der Waals surface area (Å²) in [4.78, 5) is 0. The van der Waals surface area contributed by atoms with Crippen molar-refractivity contribution in [3.8, 4) is 0 Å². The van der Waals surface area contributed by atoms with Gasteiger partial charge in [-0.15, -0.1) is 0 Å². The molecule has 0 rings (SSSR count). The molecule has 56 valence electrons. The molecule has 0 aliphatic carbocycles. The third-order valence-electron chi connectivity index (χ3n) is 1.40. The van der Waals surface area contributed by atoms with E-state index in [4.69, 9.17) is 5.73 Å². The molecule has 1 unspecified atom stereocenters. The highest BCUT2D eigenvalue weighted by atomic mass is 14.9. The second-order valence-electron chi connectivity index (χ2n) is 2.69. The molecular formula is C7H18N2. The van der Waals surface area contributed by atoms with Gasteiger partial charge in [0.1, 0.15) is 0 Å². The van der Waals surface area contributed by atoms with E-state index in [0.717, 1.165) is 6.54 Å². The first-order chi connectivity index (χ1) is 4.16. The van der Waals surface area contributed by atoms with Gasteiger partial charge in [0.15, 0.2) is 0 Å². The number of hydrogen-bond donors (Lipinski definition) is 2. The van der Waals surface area contributed by atoms with Gasteiger partial charge in [-0.05, 0) is 20.3 Å². The molecule has 0 heterocycles. The standard InChI is InChI=1S/C7H18N2/c1-4-7(3)9-5-6(2)8/h6-7,9H,4-5,8H2,1-3H3/t6-,7?/m0/s1. The third-order valence-corrected chi connectivity index (χ3v) is 1.40. The molecule has 0 bridgehead atoms. The summed E-state index contributed by atoms with van der Waals surface area (Å²) in [7, 11) is 0. The Morgan fingerprint density at radius 2 is 2.00 bits per heavy atom. The molecular weight excluding hydrogens is 112 g/mol. The Hall–Kier alpha value is -0.0800. The molecule has 0 saturated heterocycles. The fraction of sp³-hybridized carbons (Fsp3) is 1.00. The highest BCUT2D eigenvalue weighted by Crippen LogP contribution is 1.86. The number of nitrogens with one attached hydrogen (secondary N) is 1. The Morgan fingerprint density at radius 3 is 2.33 bits per heavy atom. The van der Waals surface area contributed by atoms with Crippen LogP contribution in [0.5, 0.6) is 0 Å². The van der Waals surface area contributed by atoms with Crippen LogP contribution in [0.1, 0.15) is 27.2 Å². The molecule has 0 fully saturated rings. The maximum absolute atomic E-state index is 5.53. The van der Waals surface area contributed by atoms with Crippen molar-refractivity contribution in [1.29, 1.82) is 0 Å². The topological polar surface area (TPSA) is 38.0 Å². The largest absolute Gasteiger partial charge is 0.327 e. The van der Waals surface area contributed by atoms with Gasteiger partial charge in [-0.25, -0.2) is 0 Å². The van der Waals surface area contributed by atoms with Crippen molar-refractivity contribution in [2.75, 3.05) is 6.54 Å². The fourth-order valence-corrected chi connectivity index (χ4v) is 0.531. The van der Waals surface area contributed by atoms with Crippen molar-refractivity contribution < 1.29 is 0 Å². The van der Waals surface area contributed by atoms with Crippen molar-refractivity contribution in [3.05, 3.63) is 0 Å². The average molecular weight is 130 g/mol. The van der Waals surface area contributed by atoms with Crippen LogP contribution in [-0.2, 0) is 0 Å². The molecule has 0 aromatic rings. The van der Waals surface area contributed by atoms with Crippen LogP contribution in [0, 0.1) is 0 Å². The molecule has 9 heavy (non-hydrogen) atoms. The quantitative estimate of drug-likeness (QED) is 0.588. The van der Waals surface area contributed by atoms with Gasteiger partial charge in [-0.3, -0.25) is 0 Å². The Morgan fingerprint density at radius 1 is 1.44 bits per heavy atom. The molecule has 0 aliphatic rings. The van der Waals surface area contributed by atoms with Crippen molar-refractivity contribution >= 4 is 0 Å². The van der Waals surface area contributed by atoms with E-state index in [2.05, 4.69) is 19.2 Å². The first kappa shape index (κ1) is 8.92. The normalized spacial score (nSPS) is 17.3. The van der Waals surface area contributed by atoms with Gasteiger partial charge in [0, 0.05) is 18.6 Å². The van der Waals surface area contributed by atoms with Crippen molar-refractivity contribution in [2.24, 2.45) is 5.73 Å². The second-order valence-corrected chi connectivity index (χ2v) is 2.69. The van der Waals surface area contributed by atoms with E-state index >= 15 is 0 Å². The minimum absolute atomic E-state index is 0.277. The van der Waals surface area contributed by atoms with E-state index in [9.17, 15) is 0 Å². The van der Waals surface area contributed by atoms with Crippen LogP contribution in [0.4, 0.5) is 0 Å². The molecule has 2 heteroatoms. The number of hydrogen-bond acceptors (Lipinski definition) is 2. The molecule has 2 nitrogen and oxygen atoms in total. The summed E-state index contributed by atoms with van der Waals surface area (Å²) < 4.78 is 0. The van der Waals surface area contributed by atoms with E-state index in [0.29, 0.717) is 6.04 Å². The van der Waals surface area contributed by atoms with Gasteiger partial charge >= 0.3 is 0 Å². The molecule has 0 aromatic heterocycles. The SMILES string of the molecule is CCC(C)NC[C@H](C)N. The van der Waals surface area contributed by atoms with Crippen molar-refractivity contribution in [1.82, 2.24) is 5.32 Å². The summed E-state index contributed by atoms with van der Waals surface area (Å²) in [6.45, 7) is 7.27. The van der Waals surface area contributed by atoms with Crippen LogP contribution >= 0.6 is 0 Å². The molecule has 0 aliphatic heterocycles. The second kappa shape index (κ2) is 4.77. The highest BCUT2D eigenvalue weighted by Gasteiger charge is 1.97. The lowest BCUT2D eigenvalue weighted by Gasteiger charge is -2.12. The summed E-state index contributed by atoms with van der Waals surface area (Å²) in [6.07, 6.45) is 1.17. The van der Waals surface area contributed by atoms with E-state index in [1.54, 1.807) is 0 Å². The maximum atomic E-state index is 5.53. The van der Waals surface area contributed by atoms with Gasteiger partial charge in [0.05, 0.1) is 0 Å². The molecule has 0 amide bonds. The van der Waals surface area contributed by atoms with Crippen molar-refractivity contribution in [2.45, 2.75) is 39.3 Å². The third kappa shape index (κ3) is 5.80. The molecule has 0 radical (unpaired) electrons. The van der Waals surface area contributed by atoms with Gasteiger partial charge in [-0.2, -0.15) is 0 Å². The summed E-state index contributed by atoms with van der Waals surface area (Å²) in [6, 6.07) is 0.884. The first-order valence-corrected chi connectivity index (χ1v) is 3.65. The lowest BCUT2D eigenvalue weighted by Crippen LogP contribution is -2.36. The fourth-order valence-electron chi connectivity index (χ4n) is 0.531. The summed E-state index contributed by atoms with van der Waals surface area (Å²) in [5.74, 6) is 0. The van der Waals surface area contributed by atoms with Crippen LogP contribution in [0.3, 0.4) is 0 Å². The van der Waals surface area contributed by atoms with Gasteiger partial charge in [0.2, 0.25) is 0 Å². The Kier molecular flexibility index (Phi) is 4.72. The van der Waals surface area contributed by atoms with Gasteiger partial charge in [-0.1, -0.05) is 6.92 Å². The smallest absolute Gasteiger partial charge is 0.0136 e. The highest BCUT2D eigenvalue weighted by molar-refractivity contribution is 4.62. The summed E-state index contributed by atoms with van der Waals surface area (Å²) in [5, 5.41) is 3.31. The lowest BCUT2D eigenvalue weighted by molar-refractivity contribution is 0.506. The van der Waals surface area contributed by atoms with Crippen LogP contribution < -0.4 is 11.1 Å². The zero-order valence-corrected chi connectivity index (χ0v) is 6.65. The first-order valence-electron chi connectivity index (χ1n) is 3.65. The zero-order valence-electron chi connectivity index (χ0n) is 6.65. The molecule has 0 spiro atoms. The molecule has 0 aromatic carbocycles. The van der Waals surface area contributed by atoms with Gasteiger partial charge < -0.3 is 11.1 Å². The minimum Gasteiger partial charge on any atom is -0.327 e. The van der Waals surface area contributed by atoms with Crippen LogP contribution in [0.15, 0.2) is 0 Å². The van der Waals surface area contributed by atoms with E-state index in [1.165, 1.54) is 6.42 Å². The van der Waals surface area contributed by atoms with Crippen LogP contribution in [-0.4, -0.2) is 18.6 Å².